The Hall–Kier alpha value is -1.73. The van der Waals surface area contributed by atoms with Crippen LogP contribution in [0.4, 0.5) is 5.69 Å². The first-order valence-electron chi connectivity index (χ1n) is 8.20. The molecular formula is C16H26N4O3. The number of aromatic nitrogens is 1. The van der Waals surface area contributed by atoms with Gasteiger partial charge in [-0.1, -0.05) is 0 Å². The van der Waals surface area contributed by atoms with Crippen LogP contribution in [0.2, 0.25) is 0 Å². The molecule has 7 nitrogen and oxygen atoms in total. The van der Waals surface area contributed by atoms with Crippen molar-refractivity contribution in [3.8, 4) is 0 Å². The molecule has 2 rings (SSSR count). The first-order chi connectivity index (χ1) is 10.9. The van der Waals surface area contributed by atoms with Crippen molar-refractivity contribution < 1.29 is 4.92 Å². The normalized spacial score (nSPS) is 16.9. The smallest absolute Gasteiger partial charge is 0.288 e. The van der Waals surface area contributed by atoms with Gasteiger partial charge in [0.15, 0.2) is 0 Å². The summed E-state index contributed by atoms with van der Waals surface area (Å²) in [6.45, 7) is 11.7. The van der Waals surface area contributed by atoms with Gasteiger partial charge in [-0.2, -0.15) is 0 Å². The minimum Gasteiger partial charge on any atom is -0.309 e. The molecule has 2 heterocycles. The van der Waals surface area contributed by atoms with Crippen molar-refractivity contribution in [3.63, 3.8) is 0 Å². The molecule has 1 fully saturated rings. The van der Waals surface area contributed by atoms with Crippen LogP contribution in [0.1, 0.15) is 25.8 Å². The van der Waals surface area contributed by atoms with Gasteiger partial charge in [0.2, 0.25) is 0 Å². The molecule has 23 heavy (non-hydrogen) atoms. The first kappa shape index (κ1) is 17.6. The van der Waals surface area contributed by atoms with Crippen molar-refractivity contribution in [3.05, 3.63) is 38.3 Å². The van der Waals surface area contributed by atoms with Gasteiger partial charge in [-0.15, -0.1) is 0 Å². The number of hydrogen-bond donors (Lipinski definition) is 0. The molecule has 0 saturated carbocycles. The summed E-state index contributed by atoms with van der Waals surface area (Å²) in [5.41, 5.74) is 0.258. The second kappa shape index (κ2) is 7.70. The fraction of sp³-hybridized carbons (Fsp3) is 0.688. The van der Waals surface area contributed by atoms with Crippen molar-refractivity contribution >= 4 is 5.69 Å². The van der Waals surface area contributed by atoms with E-state index in [1.54, 1.807) is 6.92 Å². The van der Waals surface area contributed by atoms with E-state index in [4.69, 9.17) is 0 Å². The van der Waals surface area contributed by atoms with Crippen molar-refractivity contribution in [2.75, 3.05) is 32.7 Å². The lowest BCUT2D eigenvalue weighted by atomic mass is 10.2. The van der Waals surface area contributed by atoms with Gasteiger partial charge >= 0.3 is 0 Å². The zero-order chi connectivity index (χ0) is 17.0. The Kier molecular flexibility index (Phi) is 5.90. The molecule has 0 amide bonds. The third kappa shape index (κ3) is 4.62. The minimum atomic E-state index is -0.434. The van der Waals surface area contributed by atoms with Gasteiger partial charge < -0.3 is 9.47 Å². The van der Waals surface area contributed by atoms with Crippen LogP contribution in [-0.2, 0) is 6.54 Å². The lowest BCUT2D eigenvalue weighted by Gasteiger charge is -2.36. The predicted molar refractivity (Wildman–Crippen MR) is 89.9 cm³/mol. The van der Waals surface area contributed by atoms with Crippen LogP contribution in [0.3, 0.4) is 0 Å². The fourth-order valence-electron chi connectivity index (χ4n) is 2.99. The van der Waals surface area contributed by atoms with Crippen LogP contribution < -0.4 is 5.56 Å². The molecule has 1 saturated heterocycles. The predicted octanol–water partition coefficient (Wildman–Crippen LogP) is 1.48. The van der Waals surface area contributed by atoms with Crippen molar-refractivity contribution in [1.29, 1.82) is 0 Å². The molecule has 128 valence electrons. The number of hydrogen-bond acceptors (Lipinski definition) is 5. The molecule has 0 unspecified atom stereocenters. The number of piperazine rings is 1. The number of pyridine rings is 1. The fourth-order valence-corrected chi connectivity index (χ4v) is 2.99. The molecule has 1 aromatic heterocycles. The van der Waals surface area contributed by atoms with Gasteiger partial charge in [0, 0.05) is 50.4 Å². The van der Waals surface area contributed by atoms with Crippen LogP contribution in [0, 0.1) is 17.0 Å². The molecule has 0 atom stereocenters. The molecule has 0 aliphatic carbocycles. The molecule has 1 aliphatic heterocycles. The van der Waals surface area contributed by atoms with Gasteiger partial charge in [-0.25, -0.2) is 0 Å². The van der Waals surface area contributed by atoms with E-state index in [1.807, 2.05) is 0 Å². The summed E-state index contributed by atoms with van der Waals surface area (Å²) in [4.78, 5) is 27.3. The number of aryl methyl sites for hydroxylation is 2. The van der Waals surface area contributed by atoms with E-state index in [1.165, 1.54) is 16.8 Å². The Morgan fingerprint density at radius 2 is 1.87 bits per heavy atom. The summed E-state index contributed by atoms with van der Waals surface area (Å²) in [5, 5.41) is 11.0. The second-order valence-corrected chi connectivity index (χ2v) is 6.46. The highest BCUT2D eigenvalue weighted by Gasteiger charge is 2.18. The first-order valence-corrected chi connectivity index (χ1v) is 8.20. The standard InChI is InChI=1S/C16H26N4O3/c1-13(2)18-9-7-17(8-10-18)5-4-6-19-12-15(20(22)23)14(3)11-16(19)21/h11-13H,4-10H2,1-3H3. The number of nitro groups is 1. The van der Waals surface area contributed by atoms with Gasteiger partial charge in [0.1, 0.15) is 0 Å². The quantitative estimate of drug-likeness (QED) is 0.586. The number of rotatable bonds is 6. The van der Waals surface area contributed by atoms with Crippen LogP contribution in [0.15, 0.2) is 17.1 Å². The van der Waals surface area contributed by atoms with Crippen molar-refractivity contribution in [1.82, 2.24) is 14.4 Å². The van der Waals surface area contributed by atoms with Gasteiger partial charge in [0.05, 0.1) is 11.1 Å². The van der Waals surface area contributed by atoms with E-state index in [9.17, 15) is 14.9 Å². The van der Waals surface area contributed by atoms with E-state index >= 15 is 0 Å². The summed E-state index contributed by atoms with van der Waals surface area (Å²) >= 11 is 0. The lowest BCUT2D eigenvalue weighted by molar-refractivity contribution is -0.385. The summed E-state index contributed by atoms with van der Waals surface area (Å²) in [7, 11) is 0. The molecular weight excluding hydrogens is 296 g/mol. The summed E-state index contributed by atoms with van der Waals surface area (Å²) in [6.07, 6.45) is 2.19. The molecule has 0 aromatic carbocycles. The summed E-state index contributed by atoms with van der Waals surface area (Å²) in [6, 6.07) is 1.93. The molecule has 0 N–H and O–H groups in total. The average Bonchev–Trinajstić information content (AvgIpc) is 2.49. The minimum absolute atomic E-state index is 0.00940. The average molecular weight is 322 g/mol. The van der Waals surface area contributed by atoms with Crippen molar-refractivity contribution in [2.24, 2.45) is 0 Å². The molecule has 7 heteroatoms. The Labute approximate surface area is 136 Å². The third-order valence-electron chi connectivity index (χ3n) is 4.51. The molecule has 1 aromatic rings. The Bertz CT molecular complexity index is 604. The zero-order valence-electron chi connectivity index (χ0n) is 14.2. The van der Waals surface area contributed by atoms with Crippen LogP contribution in [0.5, 0.6) is 0 Å². The summed E-state index contributed by atoms with van der Waals surface area (Å²) < 4.78 is 1.45. The Morgan fingerprint density at radius 1 is 1.22 bits per heavy atom. The second-order valence-electron chi connectivity index (χ2n) is 6.46. The Morgan fingerprint density at radius 3 is 2.43 bits per heavy atom. The van der Waals surface area contributed by atoms with Gasteiger partial charge in [-0.3, -0.25) is 19.8 Å². The highest BCUT2D eigenvalue weighted by molar-refractivity contribution is 5.35. The topological polar surface area (TPSA) is 71.6 Å². The maximum Gasteiger partial charge on any atom is 0.288 e. The molecule has 0 spiro atoms. The largest absolute Gasteiger partial charge is 0.309 e. The van der Waals surface area contributed by atoms with E-state index in [-0.39, 0.29) is 11.2 Å². The van der Waals surface area contributed by atoms with Gasteiger partial charge in [-0.05, 0) is 33.7 Å². The molecule has 0 radical (unpaired) electrons. The molecule has 0 bridgehead atoms. The SMILES string of the molecule is Cc1cc(=O)n(CCCN2CCN(C(C)C)CC2)cc1[N+](=O)[O-]. The zero-order valence-corrected chi connectivity index (χ0v) is 14.2. The van der Waals surface area contributed by atoms with E-state index in [0.29, 0.717) is 18.2 Å². The van der Waals surface area contributed by atoms with Crippen LogP contribution in [0.25, 0.3) is 0 Å². The van der Waals surface area contributed by atoms with E-state index in [2.05, 4.69) is 23.6 Å². The van der Waals surface area contributed by atoms with E-state index in [0.717, 1.165) is 39.1 Å². The maximum atomic E-state index is 11.9. The third-order valence-corrected chi connectivity index (χ3v) is 4.51. The van der Waals surface area contributed by atoms with Gasteiger partial charge in [0.25, 0.3) is 11.2 Å². The summed E-state index contributed by atoms with van der Waals surface area (Å²) in [5.74, 6) is 0. The highest BCUT2D eigenvalue weighted by Crippen LogP contribution is 2.14. The molecule has 1 aliphatic rings. The van der Waals surface area contributed by atoms with Crippen LogP contribution in [-0.4, -0.2) is 58.1 Å². The van der Waals surface area contributed by atoms with Crippen LogP contribution >= 0.6 is 0 Å². The highest BCUT2D eigenvalue weighted by atomic mass is 16.6. The lowest BCUT2D eigenvalue weighted by Crippen LogP contribution is -2.49. The maximum absolute atomic E-state index is 11.9. The number of nitrogens with zero attached hydrogens (tertiary/aromatic N) is 4. The van der Waals surface area contributed by atoms with Crippen molar-refractivity contribution in [2.45, 2.75) is 39.8 Å². The Balaban J connectivity index is 1.86. The monoisotopic (exact) mass is 322 g/mol. The van der Waals surface area contributed by atoms with E-state index < -0.39 is 4.92 Å².